The summed E-state index contributed by atoms with van der Waals surface area (Å²) in [6, 6.07) is 13.7. The van der Waals surface area contributed by atoms with Crippen molar-refractivity contribution in [3.8, 4) is 22.6 Å². The van der Waals surface area contributed by atoms with Crippen LogP contribution in [-0.4, -0.2) is 30.8 Å². The van der Waals surface area contributed by atoms with Gasteiger partial charge in [-0.15, -0.1) is 0 Å². The number of rotatable bonds is 6. The highest BCUT2D eigenvalue weighted by molar-refractivity contribution is 6.05. The first-order valence-corrected chi connectivity index (χ1v) is 11.8. The Kier molecular flexibility index (Phi) is 6.80. The molecule has 1 amide bonds. The number of hydrogen-bond donors (Lipinski definition) is 3. The van der Waals surface area contributed by atoms with Crippen molar-refractivity contribution in [1.29, 1.82) is 0 Å². The van der Waals surface area contributed by atoms with Crippen molar-refractivity contribution in [2.45, 2.75) is 20.0 Å². The van der Waals surface area contributed by atoms with Crippen LogP contribution in [0.2, 0.25) is 0 Å². The molecule has 3 heterocycles. The fourth-order valence-electron chi connectivity index (χ4n) is 3.88. The highest BCUT2D eigenvalue weighted by Gasteiger charge is 2.31. The summed E-state index contributed by atoms with van der Waals surface area (Å²) in [5.41, 5.74) is 3.02. The number of nitrogens with zero attached hydrogens (tertiary/aromatic N) is 4. The van der Waals surface area contributed by atoms with E-state index in [0.717, 1.165) is 23.3 Å². The zero-order valence-corrected chi connectivity index (χ0v) is 20.8. The van der Waals surface area contributed by atoms with Gasteiger partial charge in [0.25, 0.3) is 5.91 Å². The van der Waals surface area contributed by atoms with Gasteiger partial charge in [-0.2, -0.15) is 13.2 Å². The molecule has 39 heavy (non-hydrogen) atoms. The first-order chi connectivity index (χ1) is 18.7. The summed E-state index contributed by atoms with van der Waals surface area (Å²) in [7, 11) is 0. The molecule has 11 heteroatoms. The van der Waals surface area contributed by atoms with Crippen LogP contribution in [0, 0.1) is 13.8 Å². The molecule has 0 aliphatic rings. The maximum absolute atomic E-state index is 13.6. The Hall–Kier alpha value is -5.06. The van der Waals surface area contributed by atoms with E-state index in [0.29, 0.717) is 23.0 Å². The van der Waals surface area contributed by atoms with Crippen LogP contribution >= 0.6 is 0 Å². The third-order valence-corrected chi connectivity index (χ3v) is 5.86. The van der Waals surface area contributed by atoms with Crippen LogP contribution < -0.4 is 10.6 Å². The number of aryl methyl sites for hydroxylation is 2. The minimum absolute atomic E-state index is 0.0125. The Morgan fingerprint density at radius 1 is 0.949 bits per heavy atom. The predicted octanol–water partition coefficient (Wildman–Crippen LogP) is 6.56. The summed E-state index contributed by atoms with van der Waals surface area (Å²) >= 11 is 0. The standard InChI is InChI=1S/C28H22F3N7O/c1-16-5-6-18(12-24(16)38-27-33-9-7-23(37-27)19-4-3-8-32-15-19)26(39)36-22-11-20(25-34-14-17(2)35-25)10-21(13-22)28(29,30)31/h3-15H,1-2H3,(H,34,35)(H,36,39)(H,33,37,38). The van der Waals surface area contributed by atoms with Crippen LogP contribution in [0.15, 0.2) is 79.4 Å². The monoisotopic (exact) mass is 529 g/mol. The van der Waals surface area contributed by atoms with Gasteiger partial charge in [0.05, 0.1) is 17.0 Å². The molecule has 0 fully saturated rings. The summed E-state index contributed by atoms with van der Waals surface area (Å²) in [6.07, 6.45) is 1.94. The molecule has 0 bridgehead atoms. The number of carbonyl (C=O) groups is 1. The minimum atomic E-state index is -4.61. The van der Waals surface area contributed by atoms with E-state index in [4.69, 9.17) is 0 Å². The van der Waals surface area contributed by atoms with Crippen molar-refractivity contribution in [3.63, 3.8) is 0 Å². The maximum Gasteiger partial charge on any atom is 0.416 e. The molecular weight excluding hydrogens is 507 g/mol. The van der Waals surface area contributed by atoms with Gasteiger partial charge in [0, 0.05) is 52.9 Å². The van der Waals surface area contributed by atoms with Crippen LogP contribution in [0.1, 0.15) is 27.2 Å². The lowest BCUT2D eigenvalue weighted by molar-refractivity contribution is -0.137. The number of imidazole rings is 1. The molecule has 3 aromatic heterocycles. The summed E-state index contributed by atoms with van der Waals surface area (Å²) < 4.78 is 40.8. The predicted molar refractivity (Wildman–Crippen MR) is 141 cm³/mol. The number of benzene rings is 2. The molecule has 0 saturated heterocycles. The number of alkyl halides is 3. The molecule has 5 rings (SSSR count). The van der Waals surface area contributed by atoms with Crippen LogP contribution in [0.5, 0.6) is 0 Å². The second kappa shape index (κ2) is 10.4. The van der Waals surface area contributed by atoms with Gasteiger partial charge in [-0.1, -0.05) is 6.07 Å². The summed E-state index contributed by atoms with van der Waals surface area (Å²) in [4.78, 5) is 33.0. The number of halogens is 3. The fourth-order valence-corrected chi connectivity index (χ4v) is 3.88. The van der Waals surface area contributed by atoms with Gasteiger partial charge in [-0.05, 0) is 67.9 Å². The molecule has 0 radical (unpaired) electrons. The van der Waals surface area contributed by atoms with E-state index in [9.17, 15) is 18.0 Å². The smallest absolute Gasteiger partial charge is 0.344 e. The highest BCUT2D eigenvalue weighted by Crippen LogP contribution is 2.34. The van der Waals surface area contributed by atoms with Gasteiger partial charge in [0.2, 0.25) is 5.95 Å². The van der Waals surface area contributed by atoms with E-state index in [1.54, 1.807) is 62.0 Å². The molecule has 196 valence electrons. The van der Waals surface area contributed by atoms with E-state index in [1.165, 1.54) is 6.07 Å². The number of amides is 1. The lowest BCUT2D eigenvalue weighted by Gasteiger charge is -2.14. The Morgan fingerprint density at radius 2 is 1.79 bits per heavy atom. The number of carbonyl (C=O) groups excluding carboxylic acids is 1. The highest BCUT2D eigenvalue weighted by atomic mass is 19.4. The normalized spacial score (nSPS) is 11.3. The first-order valence-electron chi connectivity index (χ1n) is 11.8. The Morgan fingerprint density at radius 3 is 2.51 bits per heavy atom. The van der Waals surface area contributed by atoms with Gasteiger partial charge >= 0.3 is 6.18 Å². The summed E-state index contributed by atoms with van der Waals surface area (Å²) in [5, 5.41) is 5.70. The third kappa shape index (κ3) is 5.93. The average molecular weight is 530 g/mol. The van der Waals surface area contributed by atoms with Crippen molar-refractivity contribution in [1.82, 2.24) is 24.9 Å². The molecule has 0 saturated carbocycles. The van der Waals surface area contributed by atoms with E-state index in [-0.39, 0.29) is 22.6 Å². The van der Waals surface area contributed by atoms with E-state index in [2.05, 4.69) is 35.6 Å². The van der Waals surface area contributed by atoms with E-state index < -0.39 is 17.6 Å². The Bertz CT molecular complexity index is 1650. The molecule has 0 atom stereocenters. The second-order valence-corrected chi connectivity index (χ2v) is 8.80. The molecule has 2 aromatic carbocycles. The molecular formula is C28H22F3N7O. The lowest BCUT2D eigenvalue weighted by atomic mass is 10.1. The second-order valence-electron chi connectivity index (χ2n) is 8.80. The number of pyridine rings is 1. The van der Waals surface area contributed by atoms with Crippen molar-refractivity contribution in [2.24, 2.45) is 0 Å². The minimum Gasteiger partial charge on any atom is -0.344 e. The summed E-state index contributed by atoms with van der Waals surface area (Å²) in [6.45, 7) is 3.57. The first kappa shape index (κ1) is 25.6. The molecule has 5 aromatic rings. The van der Waals surface area contributed by atoms with E-state index in [1.807, 2.05) is 13.0 Å². The Balaban J connectivity index is 1.41. The van der Waals surface area contributed by atoms with Crippen molar-refractivity contribution < 1.29 is 18.0 Å². The summed E-state index contributed by atoms with van der Waals surface area (Å²) in [5.74, 6) is 0.00156. The molecule has 0 aliphatic heterocycles. The van der Waals surface area contributed by atoms with Gasteiger partial charge in [0.1, 0.15) is 5.82 Å². The number of aromatic amines is 1. The number of anilines is 3. The van der Waals surface area contributed by atoms with Gasteiger partial charge < -0.3 is 15.6 Å². The number of H-pyrrole nitrogens is 1. The van der Waals surface area contributed by atoms with Gasteiger partial charge in [0.15, 0.2) is 0 Å². The van der Waals surface area contributed by atoms with Crippen LogP contribution in [0.4, 0.5) is 30.5 Å². The van der Waals surface area contributed by atoms with Gasteiger partial charge in [-0.25, -0.2) is 15.0 Å². The van der Waals surface area contributed by atoms with Crippen molar-refractivity contribution in [3.05, 3.63) is 102 Å². The maximum atomic E-state index is 13.6. The molecule has 0 spiro atoms. The average Bonchev–Trinajstić information content (AvgIpc) is 3.36. The zero-order valence-electron chi connectivity index (χ0n) is 20.8. The number of nitrogens with one attached hydrogen (secondary N) is 3. The number of hydrogen-bond acceptors (Lipinski definition) is 6. The molecule has 8 nitrogen and oxygen atoms in total. The molecule has 0 aliphatic carbocycles. The van der Waals surface area contributed by atoms with Crippen LogP contribution in [0.3, 0.4) is 0 Å². The van der Waals surface area contributed by atoms with Crippen LogP contribution in [-0.2, 0) is 6.18 Å². The van der Waals surface area contributed by atoms with E-state index >= 15 is 0 Å². The fraction of sp³-hybridized carbons (Fsp3) is 0.107. The number of aromatic nitrogens is 5. The lowest BCUT2D eigenvalue weighted by Crippen LogP contribution is -2.14. The third-order valence-electron chi connectivity index (χ3n) is 5.86. The molecule has 3 N–H and O–H groups in total. The topological polar surface area (TPSA) is 108 Å². The SMILES string of the molecule is Cc1c[nH]c(-c2cc(NC(=O)c3ccc(C)c(Nc4nccc(-c5cccnc5)n4)c3)cc(C(F)(F)F)c2)n1. The molecule has 0 unspecified atom stereocenters. The Labute approximate surface area is 221 Å². The zero-order chi connectivity index (χ0) is 27.6. The van der Waals surface area contributed by atoms with Crippen molar-refractivity contribution in [2.75, 3.05) is 10.6 Å². The van der Waals surface area contributed by atoms with Crippen molar-refractivity contribution >= 4 is 23.2 Å². The largest absolute Gasteiger partial charge is 0.416 e. The quantitative estimate of drug-likeness (QED) is 0.230. The van der Waals surface area contributed by atoms with Gasteiger partial charge in [-0.3, -0.25) is 9.78 Å². The van der Waals surface area contributed by atoms with Crippen LogP contribution in [0.25, 0.3) is 22.6 Å².